The van der Waals surface area contributed by atoms with Crippen LogP contribution in [0.25, 0.3) is 0 Å². The summed E-state index contributed by atoms with van der Waals surface area (Å²) in [4.78, 5) is 39.2. The van der Waals surface area contributed by atoms with Gasteiger partial charge in [0.15, 0.2) is 0 Å². The zero-order valence-electron chi connectivity index (χ0n) is 18.2. The molecule has 1 saturated heterocycles. The van der Waals surface area contributed by atoms with Gasteiger partial charge in [-0.15, -0.1) is 0 Å². The van der Waals surface area contributed by atoms with Crippen LogP contribution in [0.3, 0.4) is 0 Å². The Hall–Kier alpha value is -3.48. The first-order chi connectivity index (χ1) is 15.5. The molecule has 166 valence electrons. The molecular formula is C25H28N4O3. The summed E-state index contributed by atoms with van der Waals surface area (Å²) in [6, 6.07) is 18.5. The van der Waals surface area contributed by atoms with Gasteiger partial charge in [0.2, 0.25) is 0 Å². The van der Waals surface area contributed by atoms with Crippen LogP contribution in [-0.2, 0) is 9.59 Å². The fourth-order valence-electron chi connectivity index (χ4n) is 4.52. The zero-order chi connectivity index (χ0) is 22.6. The molecule has 0 aromatic heterocycles. The Kier molecular flexibility index (Phi) is 6.35. The van der Waals surface area contributed by atoms with Gasteiger partial charge in [-0.2, -0.15) is 5.10 Å². The summed E-state index contributed by atoms with van der Waals surface area (Å²) in [5.41, 5.74) is 3.97. The highest BCUT2D eigenvalue weighted by atomic mass is 16.2. The molecule has 0 bridgehead atoms. The molecule has 0 unspecified atom stereocenters. The molecule has 2 aliphatic rings. The second kappa shape index (κ2) is 9.34. The fraction of sp³-hybridized carbons (Fsp3) is 0.360. The largest absolute Gasteiger partial charge is 0.325 e. The lowest BCUT2D eigenvalue weighted by atomic mass is 9.75. The number of hydrogen-bond donors (Lipinski definition) is 2. The number of amides is 4. The van der Waals surface area contributed by atoms with E-state index in [2.05, 4.69) is 22.8 Å². The molecule has 1 aliphatic carbocycles. The number of nitrogens with zero attached hydrogens (tertiary/aromatic N) is 2. The van der Waals surface area contributed by atoms with Gasteiger partial charge in [0.05, 0.1) is 5.71 Å². The number of urea groups is 1. The molecule has 4 amide bonds. The van der Waals surface area contributed by atoms with Gasteiger partial charge < -0.3 is 5.32 Å². The van der Waals surface area contributed by atoms with Crippen molar-refractivity contribution in [3.63, 3.8) is 0 Å². The van der Waals surface area contributed by atoms with Crippen molar-refractivity contribution in [2.75, 3.05) is 6.54 Å². The van der Waals surface area contributed by atoms with Gasteiger partial charge in [0, 0.05) is 11.1 Å². The van der Waals surface area contributed by atoms with E-state index in [1.54, 1.807) is 0 Å². The van der Waals surface area contributed by atoms with Crippen LogP contribution in [0.2, 0.25) is 0 Å². The van der Waals surface area contributed by atoms with E-state index in [-0.39, 0.29) is 12.5 Å². The summed E-state index contributed by atoms with van der Waals surface area (Å²) in [5.74, 6) is -0.230. The number of imide groups is 1. The van der Waals surface area contributed by atoms with E-state index in [9.17, 15) is 14.4 Å². The predicted octanol–water partition coefficient (Wildman–Crippen LogP) is 3.45. The Morgan fingerprint density at radius 2 is 1.59 bits per heavy atom. The Labute approximate surface area is 187 Å². The van der Waals surface area contributed by atoms with E-state index < -0.39 is 17.5 Å². The van der Waals surface area contributed by atoms with E-state index in [1.807, 2.05) is 60.7 Å². The van der Waals surface area contributed by atoms with Crippen LogP contribution in [-0.4, -0.2) is 40.5 Å². The lowest BCUT2D eigenvalue weighted by molar-refractivity contribution is -0.136. The second-order valence-electron chi connectivity index (χ2n) is 8.48. The van der Waals surface area contributed by atoms with E-state index in [4.69, 9.17) is 0 Å². The maximum atomic E-state index is 13.0. The van der Waals surface area contributed by atoms with Gasteiger partial charge >= 0.3 is 6.03 Å². The molecule has 2 aromatic rings. The highest BCUT2D eigenvalue weighted by Gasteiger charge is 2.52. The summed E-state index contributed by atoms with van der Waals surface area (Å²) < 4.78 is 0. The van der Waals surface area contributed by atoms with E-state index in [0.29, 0.717) is 24.5 Å². The SMILES string of the molecule is CCC1CCC2(CC1)NC(=O)N(CC(=O)NN=C(c1ccccc1)c1ccccc1)C2=O. The predicted molar refractivity (Wildman–Crippen MR) is 122 cm³/mol. The van der Waals surface area contributed by atoms with Crippen molar-refractivity contribution < 1.29 is 14.4 Å². The monoisotopic (exact) mass is 432 g/mol. The number of rotatable bonds is 6. The topological polar surface area (TPSA) is 90.9 Å². The van der Waals surface area contributed by atoms with Crippen LogP contribution in [0.5, 0.6) is 0 Å². The van der Waals surface area contributed by atoms with Crippen molar-refractivity contribution in [2.24, 2.45) is 11.0 Å². The van der Waals surface area contributed by atoms with Gasteiger partial charge in [0.1, 0.15) is 12.1 Å². The van der Waals surface area contributed by atoms with Crippen molar-refractivity contribution in [3.8, 4) is 0 Å². The molecule has 7 nitrogen and oxygen atoms in total. The van der Waals surface area contributed by atoms with E-state index in [0.717, 1.165) is 35.3 Å². The Bertz CT molecular complexity index is 970. The van der Waals surface area contributed by atoms with Crippen LogP contribution < -0.4 is 10.7 Å². The number of benzene rings is 2. The summed E-state index contributed by atoms with van der Waals surface area (Å²) in [5, 5.41) is 7.19. The highest BCUT2D eigenvalue weighted by molar-refractivity contribution is 6.13. The van der Waals surface area contributed by atoms with Crippen LogP contribution in [0, 0.1) is 5.92 Å². The lowest BCUT2D eigenvalue weighted by Crippen LogP contribution is -2.50. The zero-order valence-corrected chi connectivity index (χ0v) is 18.2. The van der Waals surface area contributed by atoms with Crippen molar-refractivity contribution in [1.82, 2.24) is 15.6 Å². The third-order valence-corrected chi connectivity index (χ3v) is 6.47. The van der Waals surface area contributed by atoms with Crippen molar-refractivity contribution in [1.29, 1.82) is 0 Å². The average molecular weight is 433 g/mol. The van der Waals surface area contributed by atoms with Gasteiger partial charge in [-0.1, -0.05) is 74.0 Å². The molecular weight excluding hydrogens is 404 g/mol. The molecule has 4 rings (SSSR count). The Morgan fingerprint density at radius 1 is 1.03 bits per heavy atom. The fourth-order valence-corrected chi connectivity index (χ4v) is 4.52. The van der Waals surface area contributed by atoms with Crippen LogP contribution in [0.4, 0.5) is 4.79 Å². The number of hydrogen-bond acceptors (Lipinski definition) is 4. The summed E-state index contributed by atoms with van der Waals surface area (Å²) in [6.07, 6.45) is 4.14. The molecule has 7 heteroatoms. The summed E-state index contributed by atoms with van der Waals surface area (Å²) in [7, 11) is 0. The highest BCUT2D eigenvalue weighted by Crippen LogP contribution is 2.37. The molecule has 2 aromatic carbocycles. The Morgan fingerprint density at radius 3 is 2.12 bits per heavy atom. The maximum absolute atomic E-state index is 13.0. The van der Waals surface area contributed by atoms with Gasteiger partial charge in [-0.25, -0.2) is 10.2 Å². The summed E-state index contributed by atoms with van der Waals surface area (Å²) >= 11 is 0. The third kappa shape index (κ3) is 4.42. The van der Waals surface area contributed by atoms with Crippen LogP contribution in [0.1, 0.15) is 50.2 Å². The third-order valence-electron chi connectivity index (χ3n) is 6.47. The van der Waals surface area contributed by atoms with Gasteiger partial charge in [0.25, 0.3) is 11.8 Å². The molecule has 32 heavy (non-hydrogen) atoms. The van der Waals surface area contributed by atoms with E-state index in [1.165, 1.54) is 0 Å². The van der Waals surface area contributed by atoms with Crippen molar-refractivity contribution in [2.45, 2.75) is 44.6 Å². The molecule has 0 radical (unpaired) electrons. The first-order valence-electron chi connectivity index (χ1n) is 11.1. The normalized spacial score (nSPS) is 22.5. The molecule has 1 aliphatic heterocycles. The van der Waals surface area contributed by atoms with Crippen molar-refractivity contribution >= 4 is 23.6 Å². The quantitative estimate of drug-likeness (QED) is 0.416. The number of carbonyl (C=O) groups is 3. The summed E-state index contributed by atoms with van der Waals surface area (Å²) in [6.45, 7) is 1.79. The smallest absolute Gasteiger partial charge is 0.323 e. The molecule has 2 fully saturated rings. The molecule has 1 spiro atoms. The first-order valence-corrected chi connectivity index (χ1v) is 11.1. The van der Waals surface area contributed by atoms with E-state index >= 15 is 0 Å². The minimum absolute atomic E-state index is 0.303. The first kappa shape index (κ1) is 21.7. The number of hydrazone groups is 1. The van der Waals surface area contributed by atoms with Crippen LogP contribution >= 0.6 is 0 Å². The van der Waals surface area contributed by atoms with Crippen molar-refractivity contribution in [3.05, 3.63) is 71.8 Å². The number of nitrogens with one attached hydrogen (secondary N) is 2. The Balaban J connectivity index is 1.46. The average Bonchev–Trinajstić information content (AvgIpc) is 3.05. The molecule has 1 heterocycles. The molecule has 0 atom stereocenters. The standard InChI is InChI=1S/C25H28N4O3/c1-2-18-13-15-25(16-14-18)23(31)29(24(32)26-25)17-21(30)27-28-22(19-9-5-3-6-10-19)20-11-7-4-8-12-20/h3-12,18H,2,13-17H2,1H3,(H,26,32)(H,27,30). The van der Waals surface area contributed by atoms with Crippen LogP contribution in [0.15, 0.2) is 65.8 Å². The lowest BCUT2D eigenvalue weighted by Gasteiger charge is -2.34. The molecule has 2 N–H and O–H groups in total. The van der Waals surface area contributed by atoms with Gasteiger partial charge in [-0.05, 0) is 31.6 Å². The second-order valence-corrected chi connectivity index (χ2v) is 8.48. The minimum atomic E-state index is -0.856. The minimum Gasteiger partial charge on any atom is -0.323 e. The molecule has 1 saturated carbocycles. The number of carbonyl (C=O) groups excluding carboxylic acids is 3. The van der Waals surface area contributed by atoms with Gasteiger partial charge in [-0.3, -0.25) is 14.5 Å². The maximum Gasteiger partial charge on any atom is 0.325 e.